The summed E-state index contributed by atoms with van der Waals surface area (Å²) in [7, 11) is 0. The summed E-state index contributed by atoms with van der Waals surface area (Å²) in [5.74, 6) is 0.0426. The SMILES string of the molecule is CC(NC(=O)CC(CCO)c1ccccc1)c1ccc(Br)cc1. The molecule has 2 unspecified atom stereocenters. The highest BCUT2D eigenvalue weighted by Gasteiger charge is 2.17. The minimum absolute atomic E-state index is 0.00252. The predicted molar refractivity (Wildman–Crippen MR) is 96.2 cm³/mol. The van der Waals surface area contributed by atoms with Gasteiger partial charge in [0.05, 0.1) is 6.04 Å². The van der Waals surface area contributed by atoms with Crippen molar-refractivity contribution >= 4 is 21.8 Å². The zero-order chi connectivity index (χ0) is 16.7. The van der Waals surface area contributed by atoms with E-state index in [1.54, 1.807) is 0 Å². The standard InChI is InChI=1S/C19H22BrNO2/c1-14(15-7-9-18(20)10-8-15)21-19(23)13-17(11-12-22)16-5-3-2-4-6-16/h2-10,14,17,22H,11-13H2,1H3,(H,21,23). The van der Waals surface area contributed by atoms with Gasteiger partial charge >= 0.3 is 0 Å². The Morgan fingerprint density at radius 1 is 1.09 bits per heavy atom. The molecule has 2 rings (SSSR count). The average molecular weight is 376 g/mol. The van der Waals surface area contributed by atoms with E-state index in [0.717, 1.165) is 15.6 Å². The first kappa shape index (κ1) is 17.7. The zero-order valence-corrected chi connectivity index (χ0v) is 14.8. The number of hydrogen-bond donors (Lipinski definition) is 2. The molecule has 0 aliphatic heterocycles. The molecule has 0 radical (unpaired) electrons. The van der Waals surface area contributed by atoms with Crippen molar-refractivity contribution in [3.63, 3.8) is 0 Å². The average Bonchev–Trinajstić information content (AvgIpc) is 2.55. The maximum atomic E-state index is 12.4. The summed E-state index contributed by atoms with van der Waals surface area (Å²) in [4.78, 5) is 12.4. The number of hydrogen-bond acceptors (Lipinski definition) is 2. The van der Waals surface area contributed by atoms with Gasteiger partial charge < -0.3 is 10.4 Å². The Balaban J connectivity index is 1.97. The second-order valence-electron chi connectivity index (χ2n) is 5.66. The normalized spacial score (nSPS) is 13.3. The first-order valence-corrected chi connectivity index (χ1v) is 8.60. The van der Waals surface area contributed by atoms with Crippen molar-refractivity contribution in [2.24, 2.45) is 0 Å². The van der Waals surface area contributed by atoms with Crippen LogP contribution in [0.1, 0.15) is 42.9 Å². The van der Waals surface area contributed by atoms with E-state index < -0.39 is 0 Å². The third-order valence-electron chi connectivity index (χ3n) is 3.93. The number of carbonyl (C=O) groups excluding carboxylic acids is 1. The first-order valence-electron chi connectivity index (χ1n) is 7.80. The number of benzene rings is 2. The van der Waals surface area contributed by atoms with E-state index in [9.17, 15) is 9.90 Å². The van der Waals surface area contributed by atoms with E-state index in [-0.39, 0.29) is 24.5 Å². The molecule has 3 nitrogen and oxygen atoms in total. The number of aliphatic hydroxyl groups is 1. The minimum atomic E-state index is -0.0406. The molecule has 2 aromatic carbocycles. The smallest absolute Gasteiger partial charge is 0.221 e. The summed E-state index contributed by atoms with van der Waals surface area (Å²) in [5, 5.41) is 12.3. The number of nitrogens with one attached hydrogen (secondary N) is 1. The van der Waals surface area contributed by atoms with Gasteiger partial charge in [0.15, 0.2) is 0 Å². The Bertz CT molecular complexity index is 613. The molecule has 0 bridgehead atoms. The number of rotatable bonds is 7. The van der Waals surface area contributed by atoms with Crippen LogP contribution in [0, 0.1) is 0 Å². The van der Waals surface area contributed by atoms with Crippen LogP contribution in [0.5, 0.6) is 0 Å². The molecule has 0 aliphatic carbocycles. The van der Waals surface area contributed by atoms with Crippen molar-refractivity contribution in [1.82, 2.24) is 5.32 Å². The summed E-state index contributed by atoms with van der Waals surface area (Å²) >= 11 is 3.41. The summed E-state index contributed by atoms with van der Waals surface area (Å²) in [6.07, 6.45) is 0.968. The zero-order valence-electron chi connectivity index (χ0n) is 13.2. The highest BCUT2D eigenvalue weighted by Crippen LogP contribution is 2.24. The molecule has 0 spiro atoms. The largest absolute Gasteiger partial charge is 0.396 e. The molecule has 2 atom stereocenters. The van der Waals surface area contributed by atoms with Crippen LogP contribution in [0.15, 0.2) is 59.1 Å². The van der Waals surface area contributed by atoms with Gasteiger partial charge in [-0.25, -0.2) is 0 Å². The number of halogens is 1. The van der Waals surface area contributed by atoms with E-state index in [4.69, 9.17) is 0 Å². The predicted octanol–water partition coefficient (Wildman–Crippen LogP) is 4.18. The third kappa shape index (κ3) is 5.48. The molecular formula is C19H22BrNO2. The van der Waals surface area contributed by atoms with E-state index >= 15 is 0 Å². The lowest BCUT2D eigenvalue weighted by molar-refractivity contribution is -0.122. The van der Waals surface area contributed by atoms with Gasteiger partial charge in [-0.05, 0) is 42.5 Å². The van der Waals surface area contributed by atoms with E-state index in [1.807, 2.05) is 61.5 Å². The number of amides is 1. The van der Waals surface area contributed by atoms with Crippen molar-refractivity contribution in [3.8, 4) is 0 Å². The van der Waals surface area contributed by atoms with Gasteiger partial charge in [0.2, 0.25) is 5.91 Å². The van der Waals surface area contributed by atoms with Crippen LogP contribution in [0.2, 0.25) is 0 Å². The number of carbonyl (C=O) groups is 1. The molecule has 0 aromatic heterocycles. The van der Waals surface area contributed by atoms with Crippen molar-refractivity contribution in [1.29, 1.82) is 0 Å². The molecule has 0 fully saturated rings. The van der Waals surface area contributed by atoms with Crippen molar-refractivity contribution in [2.45, 2.75) is 31.7 Å². The fourth-order valence-electron chi connectivity index (χ4n) is 2.63. The quantitative estimate of drug-likeness (QED) is 0.762. The Kier molecular flexibility index (Phi) is 6.81. The molecule has 0 heterocycles. The summed E-state index contributed by atoms with van der Waals surface area (Å²) < 4.78 is 1.02. The van der Waals surface area contributed by atoms with Gasteiger partial charge in [-0.1, -0.05) is 58.4 Å². The summed E-state index contributed by atoms with van der Waals surface area (Å²) in [6.45, 7) is 2.06. The van der Waals surface area contributed by atoms with Gasteiger partial charge in [-0.3, -0.25) is 4.79 Å². The van der Waals surface area contributed by atoms with Gasteiger partial charge in [0.1, 0.15) is 0 Å². The molecule has 4 heteroatoms. The van der Waals surface area contributed by atoms with E-state index in [0.29, 0.717) is 12.8 Å². The maximum Gasteiger partial charge on any atom is 0.221 e. The van der Waals surface area contributed by atoms with Gasteiger partial charge in [0.25, 0.3) is 0 Å². The fourth-order valence-corrected chi connectivity index (χ4v) is 2.89. The molecule has 1 amide bonds. The molecular weight excluding hydrogens is 354 g/mol. The van der Waals surface area contributed by atoms with Crippen LogP contribution in [-0.2, 0) is 4.79 Å². The van der Waals surface area contributed by atoms with E-state index in [1.165, 1.54) is 0 Å². The molecule has 0 saturated heterocycles. The van der Waals surface area contributed by atoms with Crippen LogP contribution in [-0.4, -0.2) is 17.6 Å². The highest BCUT2D eigenvalue weighted by molar-refractivity contribution is 9.10. The summed E-state index contributed by atoms with van der Waals surface area (Å²) in [6, 6.07) is 17.8. The highest BCUT2D eigenvalue weighted by atomic mass is 79.9. The second kappa shape index (κ2) is 8.85. The summed E-state index contributed by atoms with van der Waals surface area (Å²) in [5.41, 5.74) is 2.16. The van der Waals surface area contributed by atoms with Crippen molar-refractivity contribution in [3.05, 3.63) is 70.2 Å². The topological polar surface area (TPSA) is 49.3 Å². The van der Waals surface area contributed by atoms with Crippen LogP contribution < -0.4 is 5.32 Å². The molecule has 0 saturated carbocycles. The molecule has 23 heavy (non-hydrogen) atoms. The van der Waals surface area contributed by atoms with Crippen molar-refractivity contribution < 1.29 is 9.90 Å². The lowest BCUT2D eigenvalue weighted by Gasteiger charge is -2.19. The molecule has 122 valence electrons. The van der Waals surface area contributed by atoms with Gasteiger partial charge in [-0.2, -0.15) is 0 Å². The van der Waals surface area contributed by atoms with Crippen LogP contribution in [0.25, 0.3) is 0 Å². The second-order valence-corrected chi connectivity index (χ2v) is 6.58. The Hall–Kier alpha value is -1.65. The van der Waals surface area contributed by atoms with Crippen LogP contribution in [0.3, 0.4) is 0 Å². The molecule has 2 N–H and O–H groups in total. The third-order valence-corrected chi connectivity index (χ3v) is 4.46. The first-order chi connectivity index (χ1) is 11.1. The Morgan fingerprint density at radius 3 is 2.35 bits per heavy atom. The van der Waals surface area contributed by atoms with Gasteiger partial charge in [-0.15, -0.1) is 0 Å². The van der Waals surface area contributed by atoms with Gasteiger partial charge in [0, 0.05) is 17.5 Å². The molecule has 2 aromatic rings. The Morgan fingerprint density at radius 2 is 1.74 bits per heavy atom. The Labute approximate surface area is 145 Å². The lowest BCUT2D eigenvalue weighted by Crippen LogP contribution is -2.28. The number of aliphatic hydroxyl groups excluding tert-OH is 1. The minimum Gasteiger partial charge on any atom is -0.396 e. The lowest BCUT2D eigenvalue weighted by atomic mass is 9.92. The van der Waals surface area contributed by atoms with Crippen LogP contribution in [0.4, 0.5) is 0 Å². The van der Waals surface area contributed by atoms with Crippen molar-refractivity contribution in [2.75, 3.05) is 6.61 Å². The van der Waals surface area contributed by atoms with E-state index in [2.05, 4.69) is 21.2 Å². The molecule has 0 aliphatic rings. The monoisotopic (exact) mass is 375 g/mol. The fraction of sp³-hybridized carbons (Fsp3) is 0.316. The maximum absolute atomic E-state index is 12.4. The van der Waals surface area contributed by atoms with Crippen LogP contribution >= 0.6 is 15.9 Å².